The van der Waals surface area contributed by atoms with Crippen molar-refractivity contribution in [1.29, 1.82) is 0 Å². The van der Waals surface area contributed by atoms with Gasteiger partial charge in [-0.25, -0.2) is 0 Å². The molecule has 0 saturated carbocycles. The maximum absolute atomic E-state index is 5.39. The molecule has 0 N–H and O–H groups in total. The van der Waals surface area contributed by atoms with Gasteiger partial charge in [0.05, 0.1) is 18.4 Å². The zero-order valence-corrected chi connectivity index (χ0v) is 16.6. The summed E-state index contributed by atoms with van der Waals surface area (Å²) in [6, 6.07) is 16.6. The van der Waals surface area contributed by atoms with E-state index in [4.69, 9.17) is 9.84 Å². The highest BCUT2D eigenvalue weighted by Gasteiger charge is 2.23. The lowest BCUT2D eigenvalue weighted by Gasteiger charge is -2.22. The molecule has 1 aliphatic heterocycles. The summed E-state index contributed by atoms with van der Waals surface area (Å²) in [6.45, 7) is 3.97. The average molecular weight is 363 g/mol. The summed E-state index contributed by atoms with van der Waals surface area (Å²) in [5.74, 6) is 0. The monoisotopic (exact) mass is 362 g/mol. The van der Waals surface area contributed by atoms with Gasteiger partial charge in [0, 0.05) is 19.2 Å². The Morgan fingerprint density at radius 2 is 1.67 bits per heavy atom. The van der Waals surface area contributed by atoms with E-state index in [9.17, 15) is 0 Å². The van der Waals surface area contributed by atoms with Crippen molar-refractivity contribution < 1.29 is 4.74 Å². The van der Waals surface area contributed by atoms with E-state index >= 15 is 0 Å². The Labute approximate surface area is 163 Å². The van der Waals surface area contributed by atoms with E-state index in [1.54, 1.807) is 7.11 Å². The van der Waals surface area contributed by atoms with E-state index in [1.165, 1.54) is 40.7 Å². The fourth-order valence-electron chi connectivity index (χ4n) is 4.33. The highest BCUT2D eigenvalue weighted by atomic mass is 16.5. The minimum absolute atomic E-state index is 0.417. The molecule has 0 aromatic heterocycles. The average Bonchev–Trinajstić information content (AvgIpc) is 3.11. The Kier molecular flexibility index (Phi) is 5.58. The number of ether oxygens (including phenoxy) is 1. The van der Waals surface area contributed by atoms with Gasteiger partial charge >= 0.3 is 0 Å². The molecule has 1 heterocycles. The summed E-state index contributed by atoms with van der Waals surface area (Å²) >= 11 is 0. The maximum atomic E-state index is 5.39. The molecule has 1 unspecified atom stereocenters. The lowest BCUT2D eigenvalue weighted by molar-refractivity contribution is 0.118. The van der Waals surface area contributed by atoms with E-state index in [0.717, 1.165) is 44.5 Å². The summed E-state index contributed by atoms with van der Waals surface area (Å²) in [5, 5.41) is 7.27. The largest absolute Gasteiger partial charge is 0.382 e. The van der Waals surface area contributed by atoms with E-state index in [-0.39, 0.29) is 0 Å². The first-order valence-electron chi connectivity index (χ1n) is 10.2. The quantitative estimate of drug-likeness (QED) is 0.753. The molecule has 2 aromatic rings. The molecule has 0 amide bonds. The van der Waals surface area contributed by atoms with Crippen LogP contribution in [0, 0.1) is 0 Å². The van der Waals surface area contributed by atoms with Crippen molar-refractivity contribution in [2.24, 2.45) is 5.10 Å². The number of benzene rings is 2. The van der Waals surface area contributed by atoms with Crippen LogP contribution in [0.1, 0.15) is 47.6 Å². The van der Waals surface area contributed by atoms with Gasteiger partial charge in [0.15, 0.2) is 0 Å². The van der Waals surface area contributed by atoms with Crippen LogP contribution >= 0.6 is 0 Å². The molecule has 4 bridgehead atoms. The molecule has 7 rings (SSSR count). The third-order valence-corrected chi connectivity index (χ3v) is 5.96. The smallest absolute Gasteiger partial charge is 0.0704 e. The van der Waals surface area contributed by atoms with E-state index in [0.29, 0.717) is 6.04 Å². The first-order chi connectivity index (χ1) is 13.2. The highest BCUT2D eigenvalue weighted by molar-refractivity contribution is 6.00. The third-order valence-electron chi connectivity index (χ3n) is 5.96. The second-order valence-electron chi connectivity index (χ2n) is 7.91. The number of aryl methyl sites for hydroxylation is 4. The Balaban J connectivity index is 1.63. The van der Waals surface area contributed by atoms with Crippen molar-refractivity contribution in [3.8, 4) is 0 Å². The summed E-state index contributed by atoms with van der Waals surface area (Å²) < 4.78 is 5.39. The van der Waals surface area contributed by atoms with Crippen LogP contribution < -0.4 is 0 Å². The molecule has 1 saturated heterocycles. The van der Waals surface area contributed by atoms with Crippen LogP contribution in [0.3, 0.4) is 0 Å². The number of hydrogen-bond acceptors (Lipinski definition) is 3. The summed E-state index contributed by atoms with van der Waals surface area (Å²) in [4.78, 5) is 0. The fraction of sp³-hybridized carbons (Fsp3) is 0.458. The van der Waals surface area contributed by atoms with Gasteiger partial charge in [-0.05, 0) is 73.8 Å². The lowest BCUT2D eigenvalue weighted by Crippen LogP contribution is -2.29. The molecule has 3 heteroatoms. The molecule has 27 heavy (non-hydrogen) atoms. The van der Waals surface area contributed by atoms with E-state index in [1.807, 2.05) is 0 Å². The van der Waals surface area contributed by atoms with Crippen molar-refractivity contribution in [2.75, 3.05) is 20.3 Å². The number of hydrazone groups is 1. The summed E-state index contributed by atoms with van der Waals surface area (Å²) in [6.07, 6.45) is 6.69. The standard InChI is InChI=1S/C24H30N2O/c1-18(25-26-15-3-4-23(26)17-27-2)24-16-21-10-9-19-5-7-20(8-6-19)11-13-22(24)14-12-21/h5-8,12,14,16,23H,3-4,9-11,13,15,17H2,1-2H3/b25-18+. The molecule has 1 atom stereocenters. The van der Waals surface area contributed by atoms with Gasteiger partial charge in [0.1, 0.15) is 0 Å². The predicted octanol–water partition coefficient (Wildman–Crippen LogP) is 4.41. The Morgan fingerprint density at radius 1 is 1.00 bits per heavy atom. The van der Waals surface area contributed by atoms with Crippen LogP contribution in [0.5, 0.6) is 0 Å². The van der Waals surface area contributed by atoms with Crippen molar-refractivity contribution in [2.45, 2.75) is 51.5 Å². The predicted molar refractivity (Wildman–Crippen MR) is 112 cm³/mol. The van der Waals surface area contributed by atoms with Crippen molar-refractivity contribution in [3.63, 3.8) is 0 Å². The highest BCUT2D eigenvalue weighted by Crippen LogP contribution is 2.22. The van der Waals surface area contributed by atoms with Crippen molar-refractivity contribution in [3.05, 3.63) is 70.3 Å². The van der Waals surface area contributed by atoms with Crippen LogP contribution in [-0.4, -0.2) is 37.0 Å². The van der Waals surface area contributed by atoms with Gasteiger partial charge in [-0.1, -0.05) is 36.4 Å². The number of rotatable bonds is 4. The minimum atomic E-state index is 0.417. The number of hydrogen-bond donors (Lipinski definition) is 0. The van der Waals surface area contributed by atoms with Gasteiger partial charge in [-0.15, -0.1) is 0 Å². The van der Waals surface area contributed by atoms with Gasteiger partial charge < -0.3 is 4.74 Å². The Bertz CT molecular complexity index is 810. The molecular weight excluding hydrogens is 332 g/mol. The van der Waals surface area contributed by atoms with Gasteiger partial charge in [0.2, 0.25) is 0 Å². The first-order valence-corrected chi connectivity index (χ1v) is 10.2. The Morgan fingerprint density at radius 3 is 2.41 bits per heavy atom. The molecule has 0 radical (unpaired) electrons. The van der Waals surface area contributed by atoms with E-state index in [2.05, 4.69) is 54.4 Å². The normalized spacial score (nSPS) is 20.0. The van der Waals surface area contributed by atoms with E-state index < -0.39 is 0 Å². The zero-order chi connectivity index (χ0) is 18.6. The second-order valence-corrected chi connectivity index (χ2v) is 7.91. The van der Waals surface area contributed by atoms with Crippen molar-refractivity contribution >= 4 is 5.71 Å². The molecule has 1 fully saturated rings. The van der Waals surface area contributed by atoms with Crippen LogP contribution in [0.2, 0.25) is 0 Å². The van der Waals surface area contributed by atoms with Crippen LogP contribution in [-0.2, 0) is 30.4 Å². The number of nitrogens with zero attached hydrogens (tertiary/aromatic N) is 2. The van der Waals surface area contributed by atoms with Crippen LogP contribution in [0.25, 0.3) is 0 Å². The first kappa shape index (κ1) is 18.2. The summed E-state index contributed by atoms with van der Waals surface area (Å²) in [5.41, 5.74) is 8.12. The Hall–Kier alpha value is -2.13. The SMILES string of the molecule is COCC1CCCN1/N=C(\C)c1cc2ccc1CCc1ccc(cc1)CC2. The molecule has 0 spiro atoms. The topological polar surface area (TPSA) is 24.8 Å². The van der Waals surface area contributed by atoms with Gasteiger partial charge in [0.25, 0.3) is 0 Å². The second kappa shape index (κ2) is 8.26. The molecule has 3 nitrogen and oxygen atoms in total. The lowest BCUT2D eigenvalue weighted by atomic mass is 9.92. The van der Waals surface area contributed by atoms with Gasteiger partial charge in [-0.2, -0.15) is 5.10 Å². The number of methoxy groups -OCH3 is 1. The summed E-state index contributed by atoms with van der Waals surface area (Å²) in [7, 11) is 1.78. The molecule has 4 aliphatic carbocycles. The van der Waals surface area contributed by atoms with Crippen LogP contribution in [0.4, 0.5) is 0 Å². The molecule has 2 aromatic carbocycles. The maximum Gasteiger partial charge on any atom is 0.0704 e. The van der Waals surface area contributed by atoms with Crippen molar-refractivity contribution in [1.82, 2.24) is 5.01 Å². The third kappa shape index (κ3) is 4.24. The zero-order valence-electron chi connectivity index (χ0n) is 16.6. The molecule has 142 valence electrons. The molecular formula is C24H30N2O. The fourth-order valence-corrected chi connectivity index (χ4v) is 4.33. The van der Waals surface area contributed by atoms with Gasteiger partial charge in [-0.3, -0.25) is 5.01 Å². The minimum Gasteiger partial charge on any atom is -0.382 e. The molecule has 5 aliphatic rings. The van der Waals surface area contributed by atoms with Crippen LogP contribution in [0.15, 0.2) is 47.6 Å².